The van der Waals surface area contributed by atoms with E-state index in [4.69, 9.17) is 23.2 Å². The van der Waals surface area contributed by atoms with Gasteiger partial charge in [0.1, 0.15) is 18.5 Å². The molecule has 2 aromatic heterocycles. The highest BCUT2D eigenvalue weighted by molar-refractivity contribution is 6.32. The molecule has 4 rings (SSSR count). The van der Waals surface area contributed by atoms with Gasteiger partial charge in [0.05, 0.1) is 17.1 Å². The van der Waals surface area contributed by atoms with Crippen LogP contribution in [0, 0.1) is 5.82 Å². The van der Waals surface area contributed by atoms with Crippen molar-refractivity contribution in [2.45, 2.75) is 38.7 Å². The van der Waals surface area contributed by atoms with Gasteiger partial charge < -0.3 is 5.11 Å². The van der Waals surface area contributed by atoms with Crippen molar-refractivity contribution in [3.63, 3.8) is 0 Å². The second-order valence-electron chi connectivity index (χ2n) is 7.86. The first-order valence-corrected chi connectivity index (χ1v) is 11.3. The minimum atomic E-state index is -4.49. The van der Waals surface area contributed by atoms with E-state index in [1.807, 2.05) is 0 Å². The Hall–Kier alpha value is -3.22. The summed E-state index contributed by atoms with van der Waals surface area (Å²) in [5.74, 6) is -0.483. The summed E-state index contributed by atoms with van der Waals surface area (Å²) in [6.07, 6.45) is -6.83. The van der Waals surface area contributed by atoms with Crippen LogP contribution in [0.15, 0.2) is 47.3 Å². The zero-order valence-corrected chi connectivity index (χ0v) is 20.1. The maximum absolute atomic E-state index is 13.5. The zero-order valence-electron chi connectivity index (χ0n) is 18.5. The average molecular weight is 545 g/mol. The number of hydrogen-bond donors (Lipinski definition) is 1. The fourth-order valence-corrected chi connectivity index (χ4v) is 3.84. The Balaban J connectivity index is 1.75. The van der Waals surface area contributed by atoms with Crippen LogP contribution in [-0.2, 0) is 13.1 Å². The number of rotatable bonds is 7. The van der Waals surface area contributed by atoms with Gasteiger partial charge in [-0.15, -0.1) is 10.2 Å². The first-order chi connectivity index (χ1) is 16.9. The molecule has 0 saturated heterocycles. The van der Waals surface area contributed by atoms with Crippen LogP contribution in [0.2, 0.25) is 10.0 Å². The fraction of sp³-hybridized carbons (Fsp3) is 0.273. The summed E-state index contributed by atoms with van der Waals surface area (Å²) in [4.78, 5) is 17.3. The molecule has 0 radical (unpaired) electrons. The van der Waals surface area contributed by atoms with Crippen LogP contribution in [0.25, 0.3) is 17.1 Å². The first-order valence-electron chi connectivity index (χ1n) is 10.5. The van der Waals surface area contributed by atoms with Crippen LogP contribution in [0.3, 0.4) is 0 Å². The van der Waals surface area contributed by atoms with Gasteiger partial charge in [-0.3, -0.25) is 4.57 Å². The maximum atomic E-state index is 13.5. The van der Waals surface area contributed by atoms with Crippen molar-refractivity contribution < 1.29 is 22.7 Å². The molecule has 0 saturated carbocycles. The fourth-order valence-electron chi connectivity index (χ4n) is 3.47. The number of nitrogens with zero attached hydrogens (tertiary/aromatic N) is 6. The lowest BCUT2D eigenvalue weighted by atomic mass is 10.2. The molecule has 0 aliphatic rings. The third kappa shape index (κ3) is 5.61. The van der Waals surface area contributed by atoms with Crippen molar-refractivity contribution >= 4 is 23.2 Å². The predicted molar refractivity (Wildman–Crippen MR) is 124 cm³/mol. The Morgan fingerprint density at radius 2 is 1.78 bits per heavy atom. The molecule has 4 aromatic rings. The molecule has 2 aromatic carbocycles. The van der Waals surface area contributed by atoms with Gasteiger partial charge in [-0.05, 0) is 49.4 Å². The van der Waals surface area contributed by atoms with Crippen LogP contribution < -0.4 is 5.69 Å². The highest BCUT2D eigenvalue weighted by atomic mass is 35.5. The van der Waals surface area contributed by atoms with E-state index < -0.39 is 36.8 Å². The van der Waals surface area contributed by atoms with E-state index in [-0.39, 0.29) is 34.7 Å². The molecule has 190 valence electrons. The number of halogens is 6. The van der Waals surface area contributed by atoms with Crippen LogP contribution in [0.1, 0.15) is 31.1 Å². The zero-order chi connectivity index (χ0) is 26.2. The third-order valence-corrected chi connectivity index (χ3v) is 5.68. The Bertz CT molecular complexity index is 1440. The number of aromatic nitrogens is 6. The van der Waals surface area contributed by atoms with E-state index in [9.17, 15) is 27.5 Å². The smallest absolute Gasteiger partial charge is 0.385 e. The summed E-state index contributed by atoms with van der Waals surface area (Å²) in [7, 11) is 0. The molecular formula is C22H18Cl2F4N6O2. The van der Waals surface area contributed by atoms with Crippen molar-refractivity contribution in [2.24, 2.45) is 0 Å². The highest BCUT2D eigenvalue weighted by Crippen LogP contribution is 2.25. The SMILES string of the molecule is CC(O)c1nc(Cn2nc(-c3ccc(Cl)cc3)n(CCC(F)(F)F)c2=O)nn1-c1ccc(F)cc1Cl. The maximum Gasteiger partial charge on any atom is 0.390 e. The lowest BCUT2D eigenvalue weighted by Crippen LogP contribution is -2.27. The minimum absolute atomic E-state index is 0.00645. The van der Waals surface area contributed by atoms with Crippen LogP contribution in [0.4, 0.5) is 17.6 Å². The van der Waals surface area contributed by atoms with Gasteiger partial charge in [0.15, 0.2) is 17.5 Å². The molecule has 0 spiro atoms. The molecule has 8 nitrogen and oxygen atoms in total. The lowest BCUT2D eigenvalue weighted by molar-refractivity contribution is -0.136. The van der Waals surface area contributed by atoms with E-state index in [0.717, 1.165) is 21.4 Å². The molecule has 0 fully saturated rings. The predicted octanol–water partition coefficient (Wildman–Crippen LogP) is 4.79. The average Bonchev–Trinajstić information content (AvgIpc) is 3.34. The standard InChI is InChI=1S/C22H18Cl2F4N6O2/c1-12(35)19-29-18(30-34(19)17-7-6-15(25)10-16(17)24)11-33-21(36)32(9-8-22(26,27)28)20(31-33)13-2-4-14(23)5-3-13/h2-7,10,12,35H,8-9,11H2,1H3. The largest absolute Gasteiger partial charge is 0.390 e. The summed E-state index contributed by atoms with van der Waals surface area (Å²) in [5, 5.41) is 19.1. The third-order valence-electron chi connectivity index (χ3n) is 5.12. The van der Waals surface area contributed by atoms with Gasteiger partial charge in [0.25, 0.3) is 0 Å². The second kappa shape index (κ2) is 10.0. The molecule has 36 heavy (non-hydrogen) atoms. The van der Waals surface area contributed by atoms with Crippen LogP contribution in [-0.4, -0.2) is 40.4 Å². The van der Waals surface area contributed by atoms with Gasteiger partial charge in [-0.25, -0.2) is 23.5 Å². The quantitative estimate of drug-likeness (QED) is 0.338. The summed E-state index contributed by atoms with van der Waals surface area (Å²) < 4.78 is 55.3. The van der Waals surface area contributed by atoms with Crippen molar-refractivity contribution in [3.8, 4) is 17.1 Å². The first kappa shape index (κ1) is 25.9. The van der Waals surface area contributed by atoms with Crippen molar-refractivity contribution in [2.75, 3.05) is 0 Å². The summed E-state index contributed by atoms with van der Waals surface area (Å²) in [6.45, 7) is 0.467. The van der Waals surface area contributed by atoms with E-state index in [2.05, 4.69) is 15.2 Å². The molecule has 1 unspecified atom stereocenters. The Labute approximate surface area is 211 Å². The number of hydrogen-bond acceptors (Lipinski definition) is 5. The highest BCUT2D eigenvalue weighted by Gasteiger charge is 2.29. The number of aliphatic hydroxyl groups is 1. The minimum Gasteiger partial charge on any atom is -0.385 e. The monoisotopic (exact) mass is 544 g/mol. The normalized spacial score (nSPS) is 12.8. The molecule has 0 amide bonds. The van der Waals surface area contributed by atoms with E-state index in [1.165, 1.54) is 41.9 Å². The topological polar surface area (TPSA) is 90.8 Å². The van der Waals surface area contributed by atoms with Crippen molar-refractivity contribution in [3.05, 3.63) is 80.5 Å². The Kier molecular flexibility index (Phi) is 7.21. The molecular weight excluding hydrogens is 527 g/mol. The van der Waals surface area contributed by atoms with Crippen molar-refractivity contribution in [1.29, 1.82) is 0 Å². The summed E-state index contributed by atoms with van der Waals surface area (Å²) >= 11 is 12.0. The molecule has 1 atom stereocenters. The van der Waals surface area contributed by atoms with Gasteiger partial charge in [0.2, 0.25) is 0 Å². The second-order valence-corrected chi connectivity index (χ2v) is 8.70. The van der Waals surface area contributed by atoms with Gasteiger partial charge >= 0.3 is 11.9 Å². The molecule has 0 aliphatic carbocycles. The number of alkyl halides is 3. The van der Waals surface area contributed by atoms with E-state index >= 15 is 0 Å². The summed E-state index contributed by atoms with van der Waals surface area (Å²) in [5.41, 5.74) is -0.185. The van der Waals surface area contributed by atoms with Crippen LogP contribution >= 0.6 is 23.2 Å². The molecule has 0 bridgehead atoms. The number of benzene rings is 2. The van der Waals surface area contributed by atoms with Gasteiger partial charge in [-0.1, -0.05) is 23.2 Å². The molecule has 1 N–H and O–H groups in total. The van der Waals surface area contributed by atoms with Crippen LogP contribution in [0.5, 0.6) is 0 Å². The van der Waals surface area contributed by atoms with Crippen molar-refractivity contribution in [1.82, 2.24) is 29.1 Å². The van der Waals surface area contributed by atoms with Gasteiger partial charge in [-0.2, -0.15) is 13.2 Å². The molecule has 0 aliphatic heterocycles. The molecule has 14 heteroatoms. The lowest BCUT2D eigenvalue weighted by Gasteiger charge is -2.09. The van der Waals surface area contributed by atoms with E-state index in [1.54, 1.807) is 0 Å². The van der Waals surface area contributed by atoms with Gasteiger partial charge in [0, 0.05) is 17.1 Å². The Morgan fingerprint density at radius 3 is 2.39 bits per heavy atom. The Morgan fingerprint density at radius 1 is 1.08 bits per heavy atom. The molecule has 2 heterocycles. The van der Waals surface area contributed by atoms with E-state index in [0.29, 0.717) is 10.6 Å². The summed E-state index contributed by atoms with van der Waals surface area (Å²) in [6, 6.07) is 9.69. The number of aliphatic hydroxyl groups excluding tert-OH is 1.